The van der Waals surface area contributed by atoms with Gasteiger partial charge in [-0.05, 0) is 68.9 Å². The second-order valence-corrected chi connectivity index (χ2v) is 12.0. The first-order chi connectivity index (χ1) is 17.6. The fraction of sp³-hybridized carbons (Fsp3) is 0.733. The summed E-state index contributed by atoms with van der Waals surface area (Å²) in [4.78, 5) is 28.3. The van der Waals surface area contributed by atoms with Gasteiger partial charge in [-0.15, -0.1) is 0 Å². The van der Waals surface area contributed by atoms with Crippen molar-refractivity contribution < 1.29 is 14.7 Å². The van der Waals surface area contributed by atoms with E-state index in [1.807, 2.05) is 18.2 Å². The highest BCUT2D eigenvalue weighted by molar-refractivity contribution is 5.87. The number of anilines is 1. The second-order valence-electron chi connectivity index (χ2n) is 12.0. The molecule has 5 aliphatic rings. The lowest BCUT2D eigenvalue weighted by Gasteiger charge is -2.45. The molecule has 0 aromatic heterocycles. The summed E-state index contributed by atoms with van der Waals surface area (Å²) < 4.78 is 0. The lowest BCUT2D eigenvalue weighted by atomic mass is 9.72. The number of carboxylic acids is 1. The molecule has 0 spiro atoms. The molecule has 36 heavy (non-hydrogen) atoms. The van der Waals surface area contributed by atoms with Crippen LogP contribution in [0.15, 0.2) is 30.3 Å². The number of nitrogens with one attached hydrogen (secondary N) is 1. The topological polar surface area (TPSA) is 72.9 Å². The predicted octanol–water partition coefficient (Wildman–Crippen LogP) is 5.22. The molecular formula is C30H45N3O3. The third kappa shape index (κ3) is 6.24. The quantitative estimate of drug-likeness (QED) is 0.586. The average molecular weight is 496 g/mol. The number of amides is 1. The molecule has 3 heterocycles. The molecule has 198 valence electrons. The molecule has 1 amide bonds. The van der Waals surface area contributed by atoms with Crippen LogP contribution in [-0.2, 0) is 9.59 Å². The lowest BCUT2D eigenvalue weighted by molar-refractivity contribution is -0.147. The Morgan fingerprint density at radius 2 is 1.44 bits per heavy atom. The number of aliphatic carboxylic acids is 1. The van der Waals surface area contributed by atoms with Crippen LogP contribution in [0, 0.1) is 11.8 Å². The van der Waals surface area contributed by atoms with Crippen LogP contribution in [0.3, 0.4) is 0 Å². The van der Waals surface area contributed by atoms with Gasteiger partial charge in [0.05, 0.1) is 6.54 Å². The number of carboxylic acid groups (broad SMARTS) is 1. The molecule has 2 saturated carbocycles. The van der Waals surface area contributed by atoms with E-state index in [9.17, 15) is 14.7 Å². The minimum Gasteiger partial charge on any atom is -0.480 e. The Bertz CT molecular complexity index is 845. The number of benzene rings is 1. The van der Waals surface area contributed by atoms with Crippen molar-refractivity contribution in [2.45, 2.75) is 114 Å². The molecule has 3 aliphatic heterocycles. The molecule has 6 heteroatoms. The van der Waals surface area contributed by atoms with Crippen molar-refractivity contribution in [2.75, 3.05) is 18.0 Å². The summed E-state index contributed by atoms with van der Waals surface area (Å²) >= 11 is 0. The molecule has 3 unspecified atom stereocenters. The van der Waals surface area contributed by atoms with Gasteiger partial charge in [-0.25, -0.2) is 4.79 Å². The van der Waals surface area contributed by atoms with E-state index in [1.54, 1.807) is 37.0 Å². The van der Waals surface area contributed by atoms with Crippen molar-refractivity contribution in [3.63, 3.8) is 0 Å². The maximum atomic E-state index is 13.0. The first kappa shape index (κ1) is 25.6. The van der Waals surface area contributed by atoms with E-state index in [4.69, 9.17) is 0 Å². The predicted molar refractivity (Wildman–Crippen MR) is 143 cm³/mol. The van der Waals surface area contributed by atoms with Gasteiger partial charge in [0.15, 0.2) is 0 Å². The number of nitrogens with zero attached hydrogens (tertiary/aromatic N) is 2. The van der Waals surface area contributed by atoms with Crippen LogP contribution in [0.5, 0.6) is 0 Å². The standard InChI is InChI=1S/C21H29N3O3.C9H16/c25-20(23-11-5-10-19(23)21(26)27)14-24(17-8-2-1-3-9-17)18-12-15-6-4-7-16(13-18)22-15;1-3-8-5-2-6-9(4-1)7-8/h1-3,8-9,15-16,18-19,22H,4-7,10-14H2,(H,26,27);8-9H,1-7H2. The number of fused-ring (bicyclic) bond motifs is 4. The van der Waals surface area contributed by atoms with Gasteiger partial charge in [0.25, 0.3) is 0 Å². The van der Waals surface area contributed by atoms with Crippen molar-refractivity contribution in [3.05, 3.63) is 30.3 Å². The number of piperidine rings is 2. The highest BCUT2D eigenvalue weighted by Gasteiger charge is 2.38. The molecule has 5 fully saturated rings. The van der Waals surface area contributed by atoms with Gasteiger partial charge in [-0.3, -0.25) is 4.79 Å². The summed E-state index contributed by atoms with van der Waals surface area (Å²) in [6.45, 7) is 0.813. The van der Waals surface area contributed by atoms with E-state index >= 15 is 0 Å². The Kier molecular flexibility index (Phi) is 8.51. The van der Waals surface area contributed by atoms with Gasteiger partial charge in [0.1, 0.15) is 6.04 Å². The second kappa shape index (κ2) is 12.0. The maximum absolute atomic E-state index is 13.0. The SMILES string of the molecule is C1CC2CCCC(C1)C2.O=C(O)C1CCCN1C(=O)CN(c1ccccc1)C1CC2CCCC(C1)N2. The van der Waals surface area contributed by atoms with Crippen LogP contribution in [0.1, 0.15) is 89.9 Å². The van der Waals surface area contributed by atoms with Crippen molar-refractivity contribution >= 4 is 17.6 Å². The summed E-state index contributed by atoms with van der Waals surface area (Å²) in [6, 6.07) is 10.8. The molecule has 6 rings (SSSR count). The van der Waals surface area contributed by atoms with Crippen molar-refractivity contribution in [3.8, 4) is 0 Å². The number of para-hydroxylation sites is 1. The van der Waals surface area contributed by atoms with Crippen LogP contribution in [0.25, 0.3) is 0 Å². The third-order valence-corrected chi connectivity index (χ3v) is 9.50. The van der Waals surface area contributed by atoms with E-state index in [-0.39, 0.29) is 12.5 Å². The number of carbonyl (C=O) groups excluding carboxylic acids is 1. The number of hydrogen-bond donors (Lipinski definition) is 2. The van der Waals surface area contributed by atoms with Crippen LogP contribution in [-0.4, -0.2) is 59.1 Å². The summed E-state index contributed by atoms with van der Waals surface area (Å²) in [6.07, 6.45) is 18.0. The summed E-state index contributed by atoms with van der Waals surface area (Å²) in [7, 11) is 0. The third-order valence-electron chi connectivity index (χ3n) is 9.50. The average Bonchev–Trinajstić information content (AvgIpc) is 3.39. The van der Waals surface area contributed by atoms with Gasteiger partial charge >= 0.3 is 5.97 Å². The van der Waals surface area contributed by atoms with E-state index in [0.717, 1.165) is 36.8 Å². The fourth-order valence-electron chi connectivity index (χ4n) is 7.72. The number of rotatable bonds is 5. The van der Waals surface area contributed by atoms with Gasteiger partial charge in [-0.2, -0.15) is 0 Å². The molecule has 1 aromatic rings. The van der Waals surface area contributed by atoms with E-state index in [0.29, 0.717) is 31.1 Å². The summed E-state index contributed by atoms with van der Waals surface area (Å²) in [5.74, 6) is 1.35. The van der Waals surface area contributed by atoms with Crippen molar-refractivity contribution in [2.24, 2.45) is 11.8 Å². The zero-order chi connectivity index (χ0) is 24.9. The Labute approximate surface area is 216 Å². The molecule has 3 atom stereocenters. The van der Waals surface area contributed by atoms with Crippen LogP contribution < -0.4 is 10.2 Å². The molecule has 4 bridgehead atoms. The van der Waals surface area contributed by atoms with Gasteiger partial charge < -0.3 is 20.2 Å². The molecule has 1 aromatic carbocycles. The smallest absolute Gasteiger partial charge is 0.326 e. The molecule has 2 aliphatic carbocycles. The first-order valence-electron chi connectivity index (χ1n) is 14.7. The Morgan fingerprint density at radius 1 is 0.833 bits per heavy atom. The number of hydrogen-bond acceptors (Lipinski definition) is 4. The largest absolute Gasteiger partial charge is 0.480 e. The van der Waals surface area contributed by atoms with Crippen molar-refractivity contribution in [1.82, 2.24) is 10.2 Å². The minimum absolute atomic E-state index is 0.0626. The molecular weight excluding hydrogens is 450 g/mol. The zero-order valence-electron chi connectivity index (χ0n) is 21.8. The minimum atomic E-state index is -0.886. The fourth-order valence-corrected chi connectivity index (χ4v) is 7.72. The highest BCUT2D eigenvalue weighted by atomic mass is 16.4. The molecule has 3 saturated heterocycles. The lowest BCUT2D eigenvalue weighted by Crippen LogP contribution is -2.56. The summed E-state index contributed by atoms with van der Waals surface area (Å²) in [5.41, 5.74) is 1.06. The number of likely N-dealkylation sites (tertiary alicyclic amines) is 1. The van der Waals surface area contributed by atoms with E-state index in [1.165, 1.54) is 32.1 Å². The maximum Gasteiger partial charge on any atom is 0.326 e. The van der Waals surface area contributed by atoms with Gasteiger partial charge in [0, 0.05) is 30.4 Å². The van der Waals surface area contributed by atoms with Gasteiger partial charge in [0.2, 0.25) is 5.91 Å². The van der Waals surface area contributed by atoms with Crippen LogP contribution in [0.2, 0.25) is 0 Å². The summed E-state index contributed by atoms with van der Waals surface area (Å²) in [5, 5.41) is 13.1. The van der Waals surface area contributed by atoms with Gasteiger partial charge in [-0.1, -0.05) is 63.1 Å². The molecule has 0 radical (unpaired) electrons. The highest BCUT2D eigenvalue weighted by Crippen LogP contribution is 2.39. The van der Waals surface area contributed by atoms with Crippen LogP contribution >= 0.6 is 0 Å². The Morgan fingerprint density at radius 3 is 2.03 bits per heavy atom. The normalized spacial score (nSPS) is 33.3. The first-order valence-corrected chi connectivity index (χ1v) is 14.7. The Hall–Kier alpha value is -2.08. The monoisotopic (exact) mass is 495 g/mol. The van der Waals surface area contributed by atoms with Crippen LogP contribution in [0.4, 0.5) is 5.69 Å². The van der Waals surface area contributed by atoms with E-state index < -0.39 is 12.0 Å². The zero-order valence-corrected chi connectivity index (χ0v) is 21.8. The van der Waals surface area contributed by atoms with Crippen molar-refractivity contribution in [1.29, 1.82) is 0 Å². The molecule has 6 nitrogen and oxygen atoms in total. The molecule has 2 N–H and O–H groups in total. The number of carbonyl (C=O) groups is 2. The Balaban J connectivity index is 0.000000247. The van der Waals surface area contributed by atoms with E-state index in [2.05, 4.69) is 22.3 Å².